The third kappa shape index (κ3) is 0.522. The molecular weight excluding hydrogens is 134 g/mol. The summed E-state index contributed by atoms with van der Waals surface area (Å²) < 4.78 is 12.1. The van der Waals surface area contributed by atoms with Crippen molar-refractivity contribution in [2.24, 2.45) is 5.41 Å². The van der Waals surface area contributed by atoms with Crippen LogP contribution in [0.4, 0.5) is 4.39 Å². The van der Waals surface area contributed by atoms with Gasteiger partial charge in [0.2, 0.25) is 0 Å². The minimum absolute atomic E-state index is 0.135. The van der Waals surface area contributed by atoms with Crippen molar-refractivity contribution in [3.05, 3.63) is 0 Å². The van der Waals surface area contributed by atoms with Crippen LogP contribution in [-0.2, 0) is 0 Å². The lowest BCUT2D eigenvalue weighted by Gasteiger charge is -2.69. The fourth-order valence-corrected chi connectivity index (χ4v) is 2.50. The Hall–Kier alpha value is -0.0851. The predicted octanol–water partition coefficient (Wildman–Crippen LogP) is 0.353. The van der Waals surface area contributed by atoms with Crippen molar-refractivity contribution < 1.29 is 14.4 Å². The molecule has 0 unspecified atom stereocenters. The van der Waals surface area contributed by atoms with E-state index in [1.54, 1.807) is 0 Å². The monoisotopic (exact) mass is 144 g/mol. The molecule has 3 rings (SSSR count). The molecule has 56 valence electrons. The van der Waals surface area contributed by atoms with E-state index in [0.29, 0.717) is 19.3 Å². The number of rotatable bonds is 2. The van der Waals surface area contributed by atoms with Crippen LogP contribution in [-0.4, -0.2) is 23.8 Å². The molecular formula is C6H10BFO2. The van der Waals surface area contributed by atoms with Crippen molar-refractivity contribution in [2.45, 2.75) is 24.6 Å². The van der Waals surface area contributed by atoms with E-state index in [9.17, 15) is 4.39 Å². The topological polar surface area (TPSA) is 40.5 Å². The fraction of sp³-hybridized carbons (Fsp3) is 1.00. The second kappa shape index (κ2) is 1.56. The lowest BCUT2D eigenvalue weighted by Crippen LogP contribution is -2.64. The molecule has 0 spiro atoms. The zero-order valence-electron chi connectivity index (χ0n) is 5.68. The number of hydrogen-bond acceptors (Lipinski definition) is 2. The van der Waals surface area contributed by atoms with Crippen LogP contribution in [0, 0.1) is 5.41 Å². The highest BCUT2D eigenvalue weighted by Crippen LogP contribution is 2.79. The van der Waals surface area contributed by atoms with Gasteiger partial charge in [0, 0.05) is 5.31 Å². The maximum Gasteiger partial charge on any atom is 0.458 e. The van der Waals surface area contributed by atoms with Crippen LogP contribution >= 0.6 is 0 Å². The van der Waals surface area contributed by atoms with Crippen molar-refractivity contribution >= 4 is 7.12 Å². The van der Waals surface area contributed by atoms with Crippen molar-refractivity contribution in [3.63, 3.8) is 0 Å². The lowest BCUT2D eigenvalue weighted by molar-refractivity contribution is -0.121. The molecule has 4 heteroatoms. The van der Waals surface area contributed by atoms with Gasteiger partial charge >= 0.3 is 7.12 Å². The number of hydrogen-bond donors (Lipinski definition) is 2. The van der Waals surface area contributed by atoms with E-state index < -0.39 is 7.12 Å². The van der Waals surface area contributed by atoms with Gasteiger partial charge in [0.05, 0.1) is 6.67 Å². The Morgan fingerprint density at radius 1 is 1.30 bits per heavy atom. The molecule has 0 heterocycles. The van der Waals surface area contributed by atoms with Gasteiger partial charge in [-0.1, -0.05) is 0 Å². The van der Waals surface area contributed by atoms with Gasteiger partial charge in [-0.25, -0.2) is 0 Å². The molecule has 3 aliphatic carbocycles. The molecule has 3 fully saturated rings. The second-order valence-electron chi connectivity index (χ2n) is 3.90. The quantitative estimate of drug-likeness (QED) is 0.549. The summed E-state index contributed by atoms with van der Waals surface area (Å²) >= 11 is 0. The van der Waals surface area contributed by atoms with E-state index in [2.05, 4.69) is 0 Å². The molecule has 0 aromatic heterocycles. The van der Waals surface area contributed by atoms with Crippen molar-refractivity contribution in [1.29, 1.82) is 0 Å². The third-order valence-electron chi connectivity index (χ3n) is 3.01. The van der Waals surface area contributed by atoms with Crippen LogP contribution in [0.2, 0.25) is 5.31 Å². The van der Waals surface area contributed by atoms with Crippen molar-refractivity contribution in [3.8, 4) is 0 Å². The van der Waals surface area contributed by atoms with E-state index in [0.717, 1.165) is 0 Å². The Morgan fingerprint density at radius 3 is 2.10 bits per heavy atom. The van der Waals surface area contributed by atoms with E-state index in [4.69, 9.17) is 10.0 Å². The predicted molar refractivity (Wildman–Crippen MR) is 35.1 cm³/mol. The maximum atomic E-state index is 12.1. The number of halogens is 1. The van der Waals surface area contributed by atoms with Crippen LogP contribution < -0.4 is 0 Å². The molecule has 0 aromatic rings. The average molecular weight is 144 g/mol. The molecule has 3 aliphatic rings. The van der Waals surface area contributed by atoms with Crippen LogP contribution in [0.25, 0.3) is 0 Å². The summed E-state index contributed by atoms with van der Waals surface area (Å²) in [5, 5.41) is 17.3. The van der Waals surface area contributed by atoms with Gasteiger partial charge in [0.1, 0.15) is 0 Å². The van der Waals surface area contributed by atoms with Crippen LogP contribution in [0.1, 0.15) is 19.3 Å². The zero-order chi connectivity index (χ0) is 7.41. The molecule has 10 heavy (non-hydrogen) atoms. The normalized spacial score (nSPS) is 49.5. The first-order valence-corrected chi connectivity index (χ1v) is 3.55. The highest BCUT2D eigenvalue weighted by atomic mass is 19.1. The molecule has 3 saturated carbocycles. The largest absolute Gasteiger partial charge is 0.458 e. The maximum absolute atomic E-state index is 12.1. The van der Waals surface area contributed by atoms with Gasteiger partial charge < -0.3 is 10.0 Å². The fourth-order valence-electron chi connectivity index (χ4n) is 2.50. The minimum atomic E-state index is -1.22. The average Bonchev–Trinajstić information content (AvgIpc) is 1.57. The molecule has 2 nitrogen and oxygen atoms in total. The van der Waals surface area contributed by atoms with E-state index in [1.165, 1.54) is 0 Å². The Labute approximate surface area is 59.2 Å². The summed E-state index contributed by atoms with van der Waals surface area (Å²) in [6, 6.07) is 0. The Balaban J connectivity index is 1.98. The summed E-state index contributed by atoms with van der Waals surface area (Å²) in [6.07, 6.45) is 2.02. The van der Waals surface area contributed by atoms with Crippen LogP contribution in [0.15, 0.2) is 0 Å². The Bertz CT molecular complexity index is 151. The molecule has 0 radical (unpaired) electrons. The van der Waals surface area contributed by atoms with Gasteiger partial charge in [-0.15, -0.1) is 0 Å². The molecule has 0 aromatic carbocycles. The highest BCUT2D eigenvalue weighted by Gasteiger charge is 2.72. The molecule has 0 saturated heterocycles. The molecule has 0 atom stereocenters. The third-order valence-corrected chi connectivity index (χ3v) is 3.01. The van der Waals surface area contributed by atoms with E-state index in [1.807, 2.05) is 0 Å². The summed E-state index contributed by atoms with van der Waals surface area (Å²) in [7, 11) is -1.22. The van der Waals surface area contributed by atoms with Crippen LogP contribution in [0.5, 0.6) is 0 Å². The summed E-state index contributed by atoms with van der Waals surface area (Å²) in [4.78, 5) is 0. The summed E-state index contributed by atoms with van der Waals surface area (Å²) in [6.45, 7) is -0.290. The smallest absolute Gasteiger partial charge is 0.427 e. The first kappa shape index (κ1) is 6.61. The first-order valence-electron chi connectivity index (χ1n) is 3.55. The SMILES string of the molecule is OB(O)C12CC(CF)(C1)C2. The minimum Gasteiger partial charge on any atom is -0.427 e. The van der Waals surface area contributed by atoms with E-state index >= 15 is 0 Å². The Kier molecular flexibility index (Phi) is 1.03. The zero-order valence-corrected chi connectivity index (χ0v) is 5.68. The molecule has 0 aliphatic heterocycles. The van der Waals surface area contributed by atoms with Crippen molar-refractivity contribution in [2.75, 3.05) is 6.67 Å². The molecule has 0 amide bonds. The van der Waals surface area contributed by atoms with Gasteiger partial charge in [-0.05, 0) is 24.7 Å². The highest BCUT2D eigenvalue weighted by molar-refractivity contribution is 6.46. The van der Waals surface area contributed by atoms with Gasteiger partial charge in [0.25, 0.3) is 0 Å². The van der Waals surface area contributed by atoms with Crippen molar-refractivity contribution in [1.82, 2.24) is 0 Å². The summed E-state index contributed by atoms with van der Waals surface area (Å²) in [5.74, 6) is 0. The van der Waals surface area contributed by atoms with E-state index in [-0.39, 0.29) is 17.4 Å². The van der Waals surface area contributed by atoms with Gasteiger partial charge in [0.15, 0.2) is 0 Å². The number of alkyl halides is 1. The standard InChI is InChI=1S/C6H10BFO2/c8-4-5-1-6(2-5,3-5)7(9)10/h9-10H,1-4H2. The molecule has 2 N–H and O–H groups in total. The van der Waals surface area contributed by atoms with Crippen LogP contribution in [0.3, 0.4) is 0 Å². The first-order chi connectivity index (χ1) is 4.63. The lowest BCUT2D eigenvalue weighted by atomic mass is 9.25. The Morgan fingerprint density at radius 2 is 1.80 bits per heavy atom. The summed E-state index contributed by atoms with van der Waals surface area (Å²) in [5.41, 5.74) is -0.135. The van der Waals surface area contributed by atoms with Gasteiger partial charge in [-0.3, -0.25) is 4.39 Å². The van der Waals surface area contributed by atoms with Gasteiger partial charge in [-0.2, -0.15) is 0 Å². The molecule has 2 bridgehead atoms. The second-order valence-corrected chi connectivity index (χ2v) is 3.90.